The van der Waals surface area contributed by atoms with E-state index in [1.807, 2.05) is 24.5 Å². The van der Waals surface area contributed by atoms with Gasteiger partial charge in [0.2, 0.25) is 0 Å². The molecule has 7 nitrogen and oxygen atoms in total. The largest absolute Gasteiger partial charge is 0.485 e. The lowest BCUT2D eigenvalue weighted by Crippen LogP contribution is -2.10. The molecule has 0 unspecified atom stereocenters. The Hall–Kier alpha value is -2.41. The molecular formula is C19H29N5O2. The first-order valence-corrected chi connectivity index (χ1v) is 9.17. The number of nitrogens with zero attached hydrogens (tertiary/aromatic N) is 5. The Morgan fingerprint density at radius 1 is 1.31 bits per heavy atom. The first kappa shape index (κ1) is 19.9. The number of hydrogen-bond acceptors (Lipinski definition) is 5. The zero-order chi connectivity index (χ0) is 18.9. The fourth-order valence-electron chi connectivity index (χ4n) is 2.86. The third-order valence-corrected chi connectivity index (χ3v) is 3.91. The van der Waals surface area contributed by atoms with Gasteiger partial charge in [0.05, 0.1) is 13.2 Å². The normalized spacial score (nSPS) is 12.3. The van der Waals surface area contributed by atoms with Crippen LogP contribution in [0, 0.1) is 6.92 Å². The van der Waals surface area contributed by atoms with Gasteiger partial charge in [-0.15, -0.1) is 10.2 Å². The van der Waals surface area contributed by atoms with E-state index in [1.165, 1.54) is 0 Å². The Labute approximate surface area is 155 Å². The molecule has 0 radical (unpaired) electrons. The zero-order valence-electron chi connectivity index (χ0n) is 16.1. The Morgan fingerprint density at radius 3 is 2.77 bits per heavy atom. The van der Waals surface area contributed by atoms with E-state index in [0.29, 0.717) is 24.7 Å². The number of hydrogen-bond donors (Lipinski definition) is 1. The van der Waals surface area contributed by atoms with Gasteiger partial charge in [-0.25, -0.2) is 0 Å². The summed E-state index contributed by atoms with van der Waals surface area (Å²) in [5, 5.41) is 22.3. The minimum absolute atomic E-state index is 0.00493. The topological polar surface area (TPSA) is 78.0 Å². The van der Waals surface area contributed by atoms with E-state index in [-0.39, 0.29) is 6.61 Å². The van der Waals surface area contributed by atoms with E-state index >= 15 is 0 Å². The van der Waals surface area contributed by atoms with E-state index in [9.17, 15) is 5.11 Å². The van der Waals surface area contributed by atoms with Crippen LogP contribution in [0.1, 0.15) is 39.3 Å². The number of aryl methyl sites for hydroxylation is 2. The molecule has 26 heavy (non-hydrogen) atoms. The maximum Gasteiger partial charge on any atom is 0.185 e. The second-order valence-corrected chi connectivity index (χ2v) is 6.03. The number of aromatic nitrogens is 5. The molecule has 2 aromatic rings. The fraction of sp³-hybridized carbons (Fsp3) is 0.526. The molecule has 0 saturated heterocycles. The van der Waals surface area contributed by atoms with Crippen molar-refractivity contribution in [1.82, 2.24) is 24.5 Å². The predicted octanol–water partition coefficient (Wildman–Crippen LogP) is 3.14. The summed E-state index contributed by atoms with van der Waals surface area (Å²) < 4.78 is 9.90. The summed E-state index contributed by atoms with van der Waals surface area (Å²) in [4.78, 5) is 0. The SMILES string of the molecule is C/C=C\C(=C/CC)COc1c(C)nn(CCO)c1-c1nncn1CCC. The second kappa shape index (κ2) is 9.91. The number of rotatable bonds is 10. The van der Waals surface area contributed by atoms with Gasteiger partial charge < -0.3 is 14.4 Å². The molecule has 0 bridgehead atoms. The van der Waals surface area contributed by atoms with Crippen molar-refractivity contribution >= 4 is 0 Å². The molecule has 0 aliphatic heterocycles. The van der Waals surface area contributed by atoms with Crippen molar-refractivity contribution < 1.29 is 9.84 Å². The van der Waals surface area contributed by atoms with Gasteiger partial charge in [0.15, 0.2) is 11.6 Å². The predicted molar refractivity (Wildman–Crippen MR) is 102 cm³/mol. The van der Waals surface area contributed by atoms with Gasteiger partial charge >= 0.3 is 0 Å². The van der Waals surface area contributed by atoms with Crippen molar-refractivity contribution in [3.05, 3.63) is 35.8 Å². The molecule has 0 atom stereocenters. The van der Waals surface area contributed by atoms with Crippen molar-refractivity contribution in [3.63, 3.8) is 0 Å². The molecule has 2 aromatic heterocycles. The minimum atomic E-state index is -0.00493. The van der Waals surface area contributed by atoms with E-state index in [0.717, 1.165) is 36.3 Å². The van der Waals surface area contributed by atoms with Crippen LogP contribution in [0.25, 0.3) is 11.5 Å². The van der Waals surface area contributed by atoms with E-state index < -0.39 is 0 Å². The van der Waals surface area contributed by atoms with Gasteiger partial charge in [0.1, 0.15) is 24.3 Å². The Kier molecular flexibility index (Phi) is 7.59. The lowest BCUT2D eigenvalue weighted by molar-refractivity contribution is 0.269. The molecule has 0 amide bonds. The van der Waals surface area contributed by atoms with Crippen LogP contribution in [-0.4, -0.2) is 42.9 Å². The molecule has 0 fully saturated rings. The molecule has 2 heterocycles. The smallest absolute Gasteiger partial charge is 0.185 e. The summed E-state index contributed by atoms with van der Waals surface area (Å²) in [5.74, 6) is 1.40. The van der Waals surface area contributed by atoms with E-state index in [1.54, 1.807) is 11.0 Å². The standard InChI is InChI=1S/C19H29N5O2/c1-5-8-16(9-6-2)13-26-18-15(4)22-24(11-12-25)17(18)19-21-20-14-23(19)10-7-3/h5,8-9,14,25H,6-7,10-13H2,1-4H3/b8-5-,16-9+. The van der Waals surface area contributed by atoms with Crippen molar-refractivity contribution in [3.8, 4) is 17.3 Å². The number of aliphatic hydroxyl groups is 1. The van der Waals surface area contributed by atoms with Crippen LogP contribution < -0.4 is 4.74 Å². The van der Waals surface area contributed by atoms with E-state index in [2.05, 4.69) is 41.3 Å². The Morgan fingerprint density at radius 2 is 2.12 bits per heavy atom. The third-order valence-electron chi connectivity index (χ3n) is 3.91. The molecule has 0 aromatic carbocycles. The summed E-state index contributed by atoms with van der Waals surface area (Å²) in [6, 6.07) is 0. The zero-order valence-corrected chi connectivity index (χ0v) is 16.1. The van der Waals surface area contributed by atoms with Crippen molar-refractivity contribution in [2.45, 2.75) is 53.6 Å². The van der Waals surface area contributed by atoms with Crippen molar-refractivity contribution in [2.24, 2.45) is 0 Å². The quantitative estimate of drug-likeness (QED) is 0.659. The van der Waals surface area contributed by atoms with Crippen LogP contribution in [0.5, 0.6) is 5.75 Å². The maximum absolute atomic E-state index is 9.41. The Bertz CT molecular complexity index is 758. The summed E-state index contributed by atoms with van der Waals surface area (Å²) in [6.45, 7) is 9.76. The molecule has 2 rings (SSSR count). The molecule has 0 saturated carbocycles. The van der Waals surface area contributed by atoms with Crippen LogP contribution in [-0.2, 0) is 13.1 Å². The lowest BCUT2D eigenvalue weighted by atomic mass is 10.2. The van der Waals surface area contributed by atoms with Gasteiger partial charge in [-0.3, -0.25) is 4.68 Å². The monoisotopic (exact) mass is 359 g/mol. The lowest BCUT2D eigenvalue weighted by Gasteiger charge is -2.11. The van der Waals surface area contributed by atoms with Gasteiger partial charge in [-0.1, -0.05) is 32.1 Å². The summed E-state index contributed by atoms with van der Waals surface area (Å²) in [6.07, 6.45) is 9.84. The van der Waals surface area contributed by atoms with Crippen molar-refractivity contribution in [2.75, 3.05) is 13.2 Å². The first-order chi connectivity index (χ1) is 12.7. The highest BCUT2D eigenvalue weighted by Crippen LogP contribution is 2.32. The van der Waals surface area contributed by atoms with Gasteiger partial charge in [0.25, 0.3) is 0 Å². The maximum atomic E-state index is 9.41. The van der Waals surface area contributed by atoms with Crippen LogP contribution in [0.15, 0.2) is 30.1 Å². The molecule has 0 aliphatic rings. The van der Waals surface area contributed by atoms with Gasteiger partial charge in [-0.05, 0) is 32.3 Å². The number of ether oxygens (including phenoxy) is 1. The summed E-state index contributed by atoms with van der Waals surface area (Å²) in [5.41, 5.74) is 2.65. The van der Waals surface area contributed by atoms with Gasteiger partial charge in [0, 0.05) is 6.54 Å². The summed E-state index contributed by atoms with van der Waals surface area (Å²) >= 11 is 0. The number of aliphatic hydroxyl groups excluding tert-OH is 1. The highest BCUT2D eigenvalue weighted by Gasteiger charge is 2.23. The minimum Gasteiger partial charge on any atom is -0.485 e. The molecule has 0 aliphatic carbocycles. The average molecular weight is 359 g/mol. The average Bonchev–Trinajstić information content (AvgIpc) is 3.18. The second-order valence-electron chi connectivity index (χ2n) is 6.03. The molecule has 1 N–H and O–H groups in total. The molecular weight excluding hydrogens is 330 g/mol. The van der Waals surface area contributed by atoms with Crippen LogP contribution in [0.3, 0.4) is 0 Å². The molecule has 142 valence electrons. The van der Waals surface area contributed by atoms with Crippen LogP contribution >= 0.6 is 0 Å². The summed E-state index contributed by atoms with van der Waals surface area (Å²) in [7, 11) is 0. The molecule has 0 spiro atoms. The highest BCUT2D eigenvalue weighted by molar-refractivity contribution is 5.62. The highest BCUT2D eigenvalue weighted by atomic mass is 16.5. The third kappa shape index (κ3) is 4.60. The van der Waals surface area contributed by atoms with Crippen LogP contribution in [0.2, 0.25) is 0 Å². The van der Waals surface area contributed by atoms with Gasteiger partial charge in [-0.2, -0.15) is 5.10 Å². The van der Waals surface area contributed by atoms with Crippen LogP contribution in [0.4, 0.5) is 0 Å². The van der Waals surface area contributed by atoms with Crippen molar-refractivity contribution in [1.29, 1.82) is 0 Å². The van der Waals surface area contributed by atoms with E-state index in [4.69, 9.17) is 4.74 Å². The first-order valence-electron chi connectivity index (χ1n) is 9.17. The Balaban J connectivity index is 2.42. The molecule has 7 heteroatoms. The fourth-order valence-corrected chi connectivity index (χ4v) is 2.86. The number of allylic oxidation sites excluding steroid dienone is 2.